The Bertz CT molecular complexity index is 917. The van der Waals surface area contributed by atoms with Crippen LogP contribution in [0.2, 0.25) is 0 Å². The zero-order valence-corrected chi connectivity index (χ0v) is 13.2. The number of aromatic nitrogens is 1. The molecule has 5 nitrogen and oxygen atoms in total. The lowest BCUT2D eigenvalue weighted by Gasteiger charge is -2.00. The van der Waals surface area contributed by atoms with E-state index in [1.165, 1.54) is 11.3 Å². The Morgan fingerprint density at radius 2 is 2.30 bits per heavy atom. The Hall–Kier alpha value is -2.91. The van der Waals surface area contributed by atoms with Gasteiger partial charge in [-0.05, 0) is 12.1 Å². The smallest absolute Gasteiger partial charge is 0.268 e. The first-order valence-electron chi connectivity index (χ1n) is 7.06. The van der Waals surface area contributed by atoms with Gasteiger partial charge >= 0.3 is 0 Å². The van der Waals surface area contributed by atoms with Gasteiger partial charge in [-0.2, -0.15) is 5.26 Å². The van der Waals surface area contributed by atoms with Crippen molar-refractivity contribution in [2.45, 2.75) is 13.3 Å². The highest BCUT2D eigenvalue weighted by atomic mass is 32.1. The number of nitriles is 1. The van der Waals surface area contributed by atoms with E-state index in [0.29, 0.717) is 11.6 Å². The zero-order chi connectivity index (χ0) is 16.2. The molecule has 3 rings (SSSR count). The number of carbonyl (C=O) groups excluding carboxylic acids is 1. The monoisotopic (exact) mass is 323 g/mol. The first-order valence-corrected chi connectivity index (χ1v) is 7.94. The van der Waals surface area contributed by atoms with Crippen molar-refractivity contribution in [3.05, 3.63) is 52.7 Å². The van der Waals surface area contributed by atoms with Gasteiger partial charge in [-0.1, -0.05) is 25.1 Å². The van der Waals surface area contributed by atoms with Crippen LogP contribution in [0, 0.1) is 11.3 Å². The normalized spacial score (nSPS) is 11.4. The van der Waals surface area contributed by atoms with Crippen LogP contribution >= 0.6 is 11.3 Å². The maximum absolute atomic E-state index is 12.2. The molecule has 0 bridgehead atoms. The number of benzene rings is 1. The van der Waals surface area contributed by atoms with Gasteiger partial charge in [-0.15, -0.1) is 11.3 Å². The zero-order valence-electron chi connectivity index (χ0n) is 12.4. The van der Waals surface area contributed by atoms with Gasteiger partial charge in [-0.3, -0.25) is 10.1 Å². The number of hydrogen-bond donors (Lipinski definition) is 1. The topological polar surface area (TPSA) is 78.9 Å². The first kappa shape index (κ1) is 15.0. The third kappa shape index (κ3) is 3.00. The standard InChI is InChI=1S/C17H13N3O2S/c1-2-14-13(12-5-3-4-6-15(12)22-14)9-11(10-18)16(21)20-17-19-7-8-23-17/h3-9H,2H2,1H3,(H,19,20,21)/b11-9+. The van der Waals surface area contributed by atoms with Crippen molar-refractivity contribution >= 4 is 39.4 Å². The number of carbonyl (C=O) groups is 1. The summed E-state index contributed by atoms with van der Waals surface area (Å²) in [5.41, 5.74) is 1.53. The summed E-state index contributed by atoms with van der Waals surface area (Å²) < 4.78 is 5.78. The molecule has 0 spiro atoms. The molecule has 1 aromatic carbocycles. The quantitative estimate of drug-likeness (QED) is 0.581. The van der Waals surface area contributed by atoms with Crippen molar-refractivity contribution in [3.8, 4) is 6.07 Å². The van der Waals surface area contributed by atoms with Crippen LogP contribution in [0.5, 0.6) is 0 Å². The number of hydrogen-bond acceptors (Lipinski definition) is 5. The van der Waals surface area contributed by atoms with Gasteiger partial charge in [0.05, 0.1) is 0 Å². The van der Waals surface area contributed by atoms with Gasteiger partial charge < -0.3 is 4.42 Å². The van der Waals surface area contributed by atoms with E-state index in [9.17, 15) is 10.1 Å². The van der Waals surface area contributed by atoms with Crippen molar-refractivity contribution < 1.29 is 9.21 Å². The van der Waals surface area contributed by atoms with E-state index in [1.807, 2.05) is 37.3 Å². The summed E-state index contributed by atoms with van der Waals surface area (Å²) in [7, 11) is 0. The third-order valence-electron chi connectivity index (χ3n) is 3.34. The molecule has 0 aliphatic rings. The highest BCUT2D eigenvalue weighted by Crippen LogP contribution is 2.28. The maximum atomic E-state index is 12.2. The van der Waals surface area contributed by atoms with E-state index in [4.69, 9.17) is 4.42 Å². The highest BCUT2D eigenvalue weighted by molar-refractivity contribution is 7.13. The van der Waals surface area contributed by atoms with E-state index in [0.717, 1.165) is 22.3 Å². The lowest BCUT2D eigenvalue weighted by atomic mass is 10.1. The van der Waals surface area contributed by atoms with Crippen LogP contribution in [0.3, 0.4) is 0 Å². The van der Waals surface area contributed by atoms with Gasteiger partial charge in [0.1, 0.15) is 23.0 Å². The third-order valence-corrected chi connectivity index (χ3v) is 4.03. The Labute approximate surface area is 136 Å². The van der Waals surface area contributed by atoms with Crippen LogP contribution in [0.15, 0.2) is 45.8 Å². The number of nitrogens with one attached hydrogen (secondary N) is 1. The summed E-state index contributed by atoms with van der Waals surface area (Å²) in [4.78, 5) is 16.2. The molecule has 2 aromatic heterocycles. The van der Waals surface area contributed by atoms with E-state index < -0.39 is 5.91 Å². The second kappa shape index (κ2) is 6.46. The van der Waals surface area contributed by atoms with Crippen LogP contribution in [-0.2, 0) is 11.2 Å². The molecule has 0 saturated carbocycles. The number of thiazole rings is 1. The predicted molar refractivity (Wildman–Crippen MR) is 89.9 cm³/mol. The number of anilines is 1. The number of nitrogens with zero attached hydrogens (tertiary/aromatic N) is 2. The largest absolute Gasteiger partial charge is 0.460 e. The minimum atomic E-state index is -0.477. The molecule has 1 amide bonds. The number of amides is 1. The van der Waals surface area contributed by atoms with Crippen LogP contribution in [0.1, 0.15) is 18.2 Å². The fraction of sp³-hybridized carbons (Fsp3) is 0.118. The van der Waals surface area contributed by atoms with Gasteiger partial charge in [0.25, 0.3) is 5.91 Å². The van der Waals surface area contributed by atoms with E-state index in [2.05, 4.69) is 10.3 Å². The molecule has 0 fully saturated rings. The van der Waals surface area contributed by atoms with Crippen LogP contribution < -0.4 is 5.32 Å². The highest BCUT2D eigenvalue weighted by Gasteiger charge is 2.15. The number of aryl methyl sites for hydroxylation is 1. The summed E-state index contributed by atoms with van der Waals surface area (Å²) in [6, 6.07) is 9.52. The lowest BCUT2D eigenvalue weighted by molar-refractivity contribution is -0.112. The van der Waals surface area contributed by atoms with Gasteiger partial charge in [-0.25, -0.2) is 4.98 Å². The van der Waals surface area contributed by atoms with E-state index in [-0.39, 0.29) is 5.57 Å². The predicted octanol–water partition coefficient (Wildman–Crippen LogP) is 4.00. The van der Waals surface area contributed by atoms with Crippen LogP contribution in [0.4, 0.5) is 5.13 Å². The number of para-hydroxylation sites is 1. The molecule has 0 aliphatic carbocycles. The molecule has 0 saturated heterocycles. The van der Waals surface area contributed by atoms with Crippen molar-refractivity contribution in [1.82, 2.24) is 4.98 Å². The SMILES string of the molecule is CCc1oc2ccccc2c1/C=C(\C#N)C(=O)Nc1nccs1. The molecule has 0 aliphatic heterocycles. The molecule has 3 aromatic rings. The number of rotatable bonds is 4. The average Bonchev–Trinajstić information content (AvgIpc) is 3.19. The molecule has 114 valence electrons. The van der Waals surface area contributed by atoms with Gasteiger partial charge in [0.2, 0.25) is 0 Å². The van der Waals surface area contributed by atoms with Crippen LogP contribution in [-0.4, -0.2) is 10.9 Å². The van der Waals surface area contributed by atoms with E-state index >= 15 is 0 Å². The summed E-state index contributed by atoms with van der Waals surface area (Å²) in [6.45, 7) is 1.97. The minimum absolute atomic E-state index is 0.0152. The summed E-state index contributed by atoms with van der Waals surface area (Å²) in [5, 5.41) is 15.1. The molecule has 23 heavy (non-hydrogen) atoms. The molecular formula is C17H13N3O2S. The Morgan fingerprint density at radius 3 is 3.00 bits per heavy atom. The number of furan rings is 1. The lowest BCUT2D eigenvalue weighted by Crippen LogP contribution is -2.13. The number of fused-ring (bicyclic) bond motifs is 1. The second-order valence-electron chi connectivity index (χ2n) is 4.75. The molecule has 0 atom stereocenters. The second-order valence-corrected chi connectivity index (χ2v) is 5.64. The molecule has 1 N–H and O–H groups in total. The molecule has 6 heteroatoms. The summed E-state index contributed by atoms with van der Waals surface area (Å²) in [5.74, 6) is 0.274. The Kier molecular flexibility index (Phi) is 4.22. The van der Waals surface area contributed by atoms with Crippen molar-refractivity contribution in [1.29, 1.82) is 5.26 Å². The molecule has 0 unspecified atom stereocenters. The molecule has 0 radical (unpaired) electrons. The van der Waals surface area contributed by atoms with Gasteiger partial charge in [0.15, 0.2) is 5.13 Å². The summed E-state index contributed by atoms with van der Waals surface area (Å²) >= 11 is 1.30. The van der Waals surface area contributed by atoms with E-state index in [1.54, 1.807) is 17.7 Å². The Balaban J connectivity index is 2.01. The molecule has 2 heterocycles. The molecular weight excluding hydrogens is 310 g/mol. The fourth-order valence-electron chi connectivity index (χ4n) is 2.28. The fourth-order valence-corrected chi connectivity index (χ4v) is 2.80. The average molecular weight is 323 g/mol. The Morgan fingerprint density at radius 1 is 1.48 bits per heavy atom. The minimum Gasteiger partial charge on any atom is -0.460 e. The van der Waals surface area contributed by atoms with Crippen LogP contribution in [0.25, 0.3) is 17.0 Å². The van der Waals surface area contributed by atoms with Crippen molar-refractivity contribution in [2.75, 3.05) is 5.32 Å². The maximum Gasteiger partial charge on any atom is 0.268 e. The van der Waals surface area contributed by atoms with Crippen molar-refractivity contribution in [3.63, 3.8) is 0 Å². The van der Waals surface area contributed by atoms with Crippen molar-refractivity contribution in [2.24, 2.45) is 0 Å². The summed E-state index contributed by atoms with van der Waals surface area (Å²) in [6.07, 6.45) is 3.84. The first-order chi connectivity index (χ1) is 11.2. The van der Waals surface area contributed by atoms with Gasteiger partial charge in [0, 0.05) is 28.9 Å².